The summed E-state index contributed by atoms with van der Waals surface area (Å²) in [5.41, 5.74) is 5.34. The molecule has 0 aliphatic carbocycles. The van der Waals surface area contributed by atoms with Crippen LogP contribution in [0.3, 0.4) is 0 Å². The van der Waals surface area contributed by atoms with Crippen molar-refractivity contribution in [2.24, 2.45) is 5.73 Å². The molecule has 0 saturated carbocycles. The number of phosphoric acid groups is 1. The molecular weight excluding hydrogens is 781 g/mol. The molecule has 0 spiro atoms. The molecule has 0 heterocycles. The van der Waals surface area contributed by atoms with Gasteiger partial charge in [0.2, 0.25) is 0 Å². The Balaban J connectivity index is 4.25. The highest BCUT2D eigenvalue weighted by atomic mass is 31.2. The van der Waals surface area contributed by atoms with Gasteiger partial charge in [-0.1, -0.05) is 179 Å². The number of hydrogen-bond acceptors (Lipinski definition) is 9. The zero-order valence-corrected chi connectivity index (χ0v) is 39.2. The summed E-state index contributed by atoms with van der Waals surface area (Å²) in [6, 6.07) is -1.52. The second-order valence-corrected chi connectivity index (χ2v) is 18.0. The van der Waals surface area contributed by atoms with Gasteiger partial charge in [-0.05, 0) is 64.2 Å². The summed E-state index contributed by atoms with van der Waals surface area (Å²) >= 11 is 0. The molecule has 3 atom stereocenters. The zero-order valence-electron chi connectivity index (χ0n) is 38.3. The molecule has 0 aromatic heterocycles. The summed E-state index contributed by atoms with van der Waals surface area (Å²) in [7, 11) is -4.72. The minimum atomic E-state index is -4.72. The van der Waals surface area contributed by atoms with Crippen molar-refractivity contribution in [2.75, 3.05) is 19.8 Å². The highest BCUT2D eigenvalue weighted by molar-refractivity contribution is 7.47. The number of ether oxygens (including phenoxy) is 2. The van der Waals surface area contributed by atoms with Crippen molar-refractivity contribution in [3.05, 3.63) is 24.3 Å². The normalized spacial score (nSPS) is 13.8. The molecular formula is C48H90NO10P. The number of unbranched alkanes of at least 4 members (excludes halogenated alkanes) is 28. The predicted octanol–water partition coefficient (Wildman–Crippen LogP) is 13.4. The number of aliphatic carboxylic acids is 1. The van der Waals surface area contributed by atoms with E-state index in [0.29, 0.717) is 12.8 Å². The number of carbonyl (C=O) groups is 3. The van der Waals surface area contributed by atoms with E-state index in [0.717, 1.165) is 44.9 Å². The van der Waals surface area contributed by atoms with Gasteiger partial charge in [0.15, 0.2) is 6.10 Å². The lowest BCUT2D eigenvalue weighted by atomic mass is 10.0. The van der Waals surface area contributed by atoms with Crippen molar-refractivity contribution in [1.82, 2.24) is 0 Å². The molecule has 0 rings (SSSR count). The Hall–Kier alpha value is -2.04. The molecule has 12 heteroatoms. The third-order valence-electron chi connectivity index (χ3n) is 10.7. The Morgan fingerprint density at radius 1 is 0.500 bits per heavy atom. The summed E-state index contributed by atoms with van der Waals surface area (Å²) in [5.74, 6) is -2.37. The minimum Gasteiger partial charge on any atom is -0.480 e. The van der Waals surface area contributed by atoms with Gasteiger partial charge in [0.25, 0.3) is 0 Å². The Labute approximate surface area is 366 Å². The van der Waals surface area contributed by atoms with Crippen molar-refractivity contribution in [1.29, 1.82) is 0 Å². The Morgan fingerprint density at radius 3 is 1.23 bits per heavy atom. The van der Waals surface area contributed by atoms with Crippen LogP contribution in [0.25, 0.3) is 0 Å². The number of carbonyl (C=O) groups excluding carboxylic acids is 2. The molecule has 352 valence electrons. The van der Waals surface area contributed by atoms with Gasteiger partial charge in [-0.2, -0.15) is 0 Å². The van der Waals surface area contributed by atoms with Gasteiger partial charge in [-0.25, -0.2) is 4.57 Å². The maximum absolute atomic E-state index is 12.7. The second kappa shape index (κ2) is 43.6. The maximum Gasteiger partial charge on any atom is 0.472 e. The van der Waals surface area contributed by atoms with Crippen LogP contribution >= 0.6 is 7.82 Å². The van der Waals surface area contributed by atoms with Crippen LogP contribution in [0.2, 0.25) is 0 Å². The van der Waals surface area contributed by atoms with Gasteiger partial charge in [0.05, 0.1) is 13.2 Å². The standard InChI is InChI=1S/C48H90NO10P/c1-3-5-7-9-11-13-15-17-19-20-21-22-23-24-26-28-30-32-34-36-38-40-47(51)59-44(42-57-60(54,55)58-43-45(49)48(52)53)41-56-46(50)39-37-35-33-31-29-27-25-18-16-14-12-10-8-6-4-2/h14,16-17,19,44-45H,3-13,15,18,20-43,49H2,1-2H3,(H,52,53)(H,54,55)/b16-14-,19-17-/t44-,45+/m1/s1. The van der Waals surface area contributed by atoms with Gasteiger partial charge in [-0.15, -0.1) is 0 Å². The van der Waals surface area contributed by atoms with Crippen molar-refractivity contribution in [2.45, 2.75) is 244 Å². The van der Waals surface area contributed by atoms with Gasteiger partial charge >= 0.3 is 25.7 Å². The fourth-order valence-electron chi connectivity index (χ4n) is 6.82. The van der Waals surface area contributed by atoms with Crippen molar-refractivity contribution in [3.8, 4) is 0 Å². The van der Waals surface area contributed by atoms with Crippen LogP contribution in [0, 0.1) is 0 Å². The van der Waals surface area contributed by atoms with Gasteiger partial charge in [0, 0.05) is 12.8 Å². The first-order valence-corrected chi connectivity index (χ1v) is 25.9. The summed E-state index contributed by atoms with van der Waals surface area (Å²) in [6.45, 7) is 2.81. The molecule has 0 aliphatic heterocycles. The molecule has 0 aliphatic rings. The quantitative estimate of drug-likeness (QED) is 0.0230. The molecule has 1 unspecified atom stereocenters. The number of esters is 2. The average molecular weight is 872 g/mol. The number of phosphoric ester groups is 1. The van der Waals surface area contributed by atoms with E-state index in [1.807, 2.05) is 0 Å². The van der Waals surface area contributed by atoms with Crippen LogP contribution in [0.5, 0.6) is 0 Å². The van der Waals surface area contributed by atoms with Crippen LogP contribution in [0.15, 0.2) is 24.3 Å². The molecule has 60 heavy (non-hydrogen) atoms. The fraction of sp³-hybridized carbons (Fsp3) is 0.854. The summed E-state index contributed by atoms with van der Waals surface area (Å²) in [5, 5.41) is 8.91. The summed E-state index contributed by atoms with van der Waals surface area (Å²) in [4.78, 5) is 46.1. The lowest BCUT2D eigenvalue weighted by Gasteiger charge is -2.20. The van der Waals surface area contributed by atoms with Crippen molar-refractivity contribution in [3.63, 3.8) is 0 Å². The minimum absolute atomic E-state index is 0.162. The van der Waals surface area contributed by atoms with E-state index in [2.05, 4.69) is 42.7 Å². The van der Waals surface area contributed by atoms with Gasteiger partial charge in [-0.3, -0.25) is 23.4 Å². The van der Waals surface area contributed by atoms with E-state index in [4.69, 9.17) is 24.8 Å². The van der Waals surface area contributed by atoms with Crippen LogP contribution in [-0.2, 0) is 37.5 Å². The Morgan fingerprint density at radius 2 is 0.833 bits per heavy atom. The van der Waals surface area contributed by atoms with Crippen LogP contribution in [0.1, 0.15) is 232 Å². The first-order chi connectivity index (χ1) is 29.1. The highest BCUT2D eigenvalue weighted by Crippen LogP contribution is 2.43. The SMILES string of the molecule is CCCCCC/C=C\CCCCCCCCCC(=O)OC[C@H](COP(=O)(O)OC[C@H](N)C(=O)O)OC(=O)CCCCCCCCCCCCC/C=C\CCCCCCCC. The molecule has 0 radical (unpaired) electrons. The second-order valence-electron chi connectivity index (χ2n) is 16.6. The number of nitrogens with two attached hydrogens (primary N) is 1. The fourth-order valence-corrected chi connectivity index (χ4v) is 7.60. The molecule has 0 aromatic carbocycles. The zero-order chi connectivity index (χ0) is 44.2. The van der Waals surface area contributed by atoms with E-state index in [-0.39, 0.29) is 19.4 Å². The molecule has 0 bridgehead atoms. The average Bonchev–Trinajstić information content (AvgIpc) is 3.22. The summed E-state index contributed by atoms with van der Waals surface area (Å²) in [6.07, 6.45) is 46.6. The highest BCUT2D eigenvalue weighted by Gasteiger charge is 2.28. The number of rotatable bonds is 46. The van der Waals surface area contributed by atoms with E-state index in [9.17, 15) is 23.8 Å². The lowest BCUT2D eigenvalue weighted by molar-refractivity contribution is -0.161. The molecule has 0 aromatic rings. The van der Waals surface area contributed by atoms with Crippen LogP contribution in [0.4, 0.5) is 0 Å². The molecule has 4 N–H and O–H groups in total. The first kappa shape index (κ1) is 58.0. The first-order valence-electron chi connectivity index (χ1n) is 24.4. The maximum atomic E-state index is 12.7. The monoisotopic (exact) mass is 872 g/mol. The largest absolute Gasteiger partial charge is 0.480 e. The topological polar surface area (TPSA) is 172 Å². The van der Waals surface area contributed by atoms with E-state index < -0.39 is 51.1 Å². The third-order valence-corrected chi connectivity index (χ3v) is 11.6. The number of hydrogen-bond donors (Lipinski definition) is 3. The number of carboxylic acid groups (broad SMARTS) is 1. The molecule has 0 saturated heterocycles. The van der Waals surface area contributed by atoms with Gasteiger partial charge < -0.3 is 25.2 Å². The van der Waals surface area contributed by atoms with Gasteiger partial charge in [0.1, 0.15) is 12.6 Å². The Bertz CT molecular complexity index is 1120. The third kappa shape index (κ3) is 42.6. The molecule has 0 amide bonds. The number of carboxylic acids is 1. The molecule has 11 nitrogen and oxygen atoms in total. The van der Waals surface area contributed by atoms with E-state index in [1.54, 1.807) is 0 Å². The smallest absolute Gasteiger partial charge is 0.472 e. The van der Waals surface area contributed by atoms with E-state index >= 15 is 0 Å². The van der Waals surface area contributed by atoms with Crippen LogP contribution in [-0.4, -0.2) is 59.9 Å². The number of allylic oxidation sites excluding steroid dienone is 4. The lowest BCUT2D eigenvalue weighted by Crippen LogP contribution is -2.34. The predicted molar refractivity (Wildman–Crippen MR) is 245 cm³/mol. The van der Waals surface area contributed by atoms with Crippen LogP contribution < -0.4 is 5.73 Å². The summed E-state index contributed by atoms with van der Waals surface area (Å²) < 4.78 is 32.8. The Kier molecular flexibility index (Phi) is 42.1. The van der Waals surface area contributed by atoms with Crippen molar-refractivity contribution < 1.29 is 47.5 Å². The molecule has 0 fully saturated rings. The van der Waals surface area contributed by atoms with E-state index in [1.165, 1.54) is 148 Å². The van der Waals surface area contributed by atoms with Crippen molar-refractivity contribution >= 4 is 25.7 Å².